The zero-order valence-corrected chi connectivity index (χ0v) is 15.4. The summed E-state index contributed by atoms with van der Waals surface area (Å²) in [6, 6.07) is 12.4. The van der Waals surface area contributed by atoms with Crippen LogP contribution in [0.3, 0.4) is 0 Å². The minimum absolute atomic E-state index is 0.138. The molecular weight excluding hydrogens is 340 g/mol. The number of carbonyl (C=O) groups excluding carboxylic acids is 1. The van der Waals surface area contributed by atoms with Gasteiger partial charge in [0.05, 0.1) is 6.42 Å². The van der Waals surface area contributed by atoms with Crippen molar-refractivity contribution in [3.8, 4) is 11.5 Å². The molecule has 3 aliphatic heterocycles. The number of ether oxygens (including phenoxy) is 2. The van der Waals surface area contributed by atoms with Crippen LogP contribution in [0.4, 0.5) is 11.4 Å². The van der Waals surface area contributed by atoms with Gasteiger partial charge < -0.3 is 19.3 Å². The molecule has 2 aromatic carbocycles. The first-order chi connectivity index (χ1) is 13.3. The molecule has 0 aromatic heterocycles. The third-order valence-corrected chi connectivity index (χ3v) is 5.69. The highest BCUT2D eigenvalue weighted by Crippen LogP contribution is 2.34. The van der Waals surface area contributed by atoms with Gasteiger partial charge >= 0.3 is 0 Å². The number of amides is 1. The van der Waals surface area contributed by atoms with Crippen molar-refractivity contribution in [1.82, 2.24) is 0 Å². The molecule has 5 heteroatoms. The van der Waals surface area contributed by atoms with Gasteiger partial charge in [-0.2, -0.15) is 0 Å². The summed E-state index contributed by atoms with van der Waals surface area (Å²) in [6.07, 6.45) is 3.86. The molecule has 0 atom stereocenters. The minimum Gasteiger partial charge on any atom is -0.486 e. The van der Waals surface area contributed by atoms with Crippen molar-refractivity contribution >= 4 is 17.3 Å². The van der Waals surface area contributed by atoms with Crippen molar-refractivity contribution < 1.29 is 14.3 Å². The first kappa shape index (κ1) is 16.5. The summed E-state index contributed by atoms with van der Waals surface area (Å²) >= 11 is 0. The van der Waals surface area contributed by atoms with E-state index >= 15 is 0 Å². The van der Waals surface area contributed by atoms with Crippen molar-refractivity contribution in [3.63, 3.8) is 0 Å². The number of hydrogen-bond donors (Lipinski definition) is 0. The number of anilines is 2. The van der Waals surface area contributed by atoms with Crippen LogP contribution in [-0.4, -0.2) is 38.8 Å². The summed E-state index contributed by atoms with van der Waals surface area (Å²) in [5.41, 5.74) is 4.62. The van der Waals surface area contributed by atoms with E-state index in [1.165, 1.54) is 24.1 Å². The highest BCUT2D eigenvalue weighted by Gasteiger charge is 2.26. The molecular formula is C22H24N2O3. The van der Waals surface area contributed by atoms with Gasteiger partial charge in [0, 0.05) is 31.0 Å². The fourth-order valence-corrected chi connectivity index (χ4v) is 4.29. The molecule has 5 nitrogen and oxygen atoms in total. The van der Waals surface area contributed by atoms with Gasteiger partial charge in [-0.05, 0) is 60.7 Å². The van der Waals surface area contributed by atoms with Gasteiger partial charge in [0.15, 0.2) is 11.5 Å². The monoisotopic (exact) mass is 364 g/mol. The number of fused-ring (bicyclic) bond motifs is 2. The Kier molecular flexibility index (Phi) is 4.15. The summed E-state index contributed by atoms with van der Waals surface area (Å²) < 4.78 is 11.2. The molecule has 140 valence electrons. The van der Waals surface area contributed by atoms with Crippen LogP contribution in [0.5, 0.6) is 11.5 Å². The molecule has 0 N–H and O–H groups in total. The lowest BCUT2D eigenvalue weighted by Crippen LogP contribution is -2.30. The van der Waals surface area contributed by atoms with Gasteiger partial charge in [-0.15, -0.1) is 0 Å². The molecule has 3 heterocycles. The van der Waals surface area contributed by atoms with Crippen LogP contribution in [0.25, 0.3) is 0 Å². The highest BCUT2D eigenvalue weighted by atomic mass is 16.6. The quantitative estimate of drug-likeness (QED) is 0.839. The van der Waals surface area contributed by atoms with Crippen LogP contribution in [0.2, 0.25) is 0 Å². The van der Waals surface area contributed by atoms with E-state index in [1.54, 1.807) is 0 Å². The zero-order chi connectivity index (χ0) is 18.2. The maximum absolute atomic E-state index is 12.9. The van der Waals surface area contributed by atoms with Crippen molar-refractivity contribution in [3.05, 3.63) is 47.5 Å². The summed E-state index contributed by atoms with van der Waals surface area (Å²) in [4.78, 5) is 17.3. The van der Waals surface area contributed by atoms with Crippen molar-refractivity contribution in [2.24, 2.45) is 0 Å². The van der Waals surface area contributed by atoms with Crippen LogP contribution >= 0.6 is 0 Å². The zero-order valence-electron chi connectivity index (χ0n) is 15.4. The SMILES string of the molecule is O=C(Cc1ccc2c(c1)OCCO2)N1CCc2cc(N3CCCC3)ccc21. The van der Waals surface area contributed by atoms with Gasteiger partial charge in [0.2, 0.25) is 5.91 Å². The summed E-state index contributed by atoms with van der Waals surface area (Å²) in [5, 5.41) is 0. The Morgan fingerprint density at radius 1 is 0.926 bits per heavy atom. The predicted octanol–water partition coefficient (Wildman–Crippen LogP) is 3.19. The van der Waals surface area contributed by atoms with Crippen LogP contribution in [0, 0.1) is 0 Å². The lowest BCUT2D eigenvalue weighted by molar-refractivity contribution is -0.117. The van der Waals surface area contributed by atoms with Gasteiger partial charge in [-0.1, -0.05) is 6.07 Å². The van der Waals surface area contributed by atoms with Gasteiger partial charge in [0.25, 0.3) is 0 Å². The maximum Gasteiger partial charge on any atom is 0.231 e. The van der Waals surface area contributed by atoms with E-state index in [1.807, 2.05) is 23.1 Å². The van der Waals surface area contributed by atoms with Crippen LogP contribution in [0.15, 0.2) is 36.4 Å². The van der Waals surface area contributed by atoms with Gasteiger partial charge in [0.1, 0.15) is 13.2 Å². The Balaban J connectivity index is 1.32. The number of nitrogens with zero attached hydrogens (tertiary/aromatic N) is 2. The molecule has 0 bridgehead atoms. The van der Waals surface area contributed by atoms with Crippen LogP contribution < -0.4 is 19.3 Å². The Morgan fingerprint density at radius 2 is 1.74 bits per heavy atom. The lowest BCUT2D eigenvalue weighted by Gasteiger charge is -2.21. The molecule has 3 aliphatic rings. The molecule has 1 amide bonds. The molecule has 0 spiro atoms. The molecule has 0 unspecified atom stereocenters. The first-order valence-electron chi connectivity index (χ1n) is 9.85. The topological polar surface area (TPSA) is 42.0 Å². The average molecular weight is 364 g/mol. The molecule has 5 rings (SSSR count). The molecule has 0 saturated carbocycles. The second-order valence-electron chi connectivity index (χ2n) is 7.46. The van der Waals surface area contributed by atoms with Crippen molar-refractivity contribution in [2.75, 3.05) is 42.6 Å². The molecule has 0 aliphatic carbocycles. The van der Waals surface area contributed by atoms with Crippen molar-refractivity contribution in [2.45, 2.75) is 25.7 Å². The second-order valence-corrected chi connectivity index (χ2v) is 7.46. The summed E-state index contributed by atoms with van der Waals surface area (Å²) in [6.45, 7) is 4.19. The van der Waals surface area contributed by atoms with Crippen LogP contribution in [0.1, 0.15) is 24.0 Å². The number of hydrogen-bond acceptors (Lipinski definition) is 4. The molecule has 1 fully saturated rings. The number of carbonyl (C=O) groups is 1. The Labute approximate surface area is 159 Å². The van der Waals surface area contributed by atoms with Gasteiger partial charge in [-0.3, -0.25) is 4.79 Å². The smallest absolute Gasteiger partial charge is 0.231 e. The maximum atomic E-state index is 12.9. The standard InChI is InChI=1S/C22H24N2O3/c25-22(14-16-3-6-20-21(13-16)27-12-11-26-20)24-10-7-17-15-18(4-5-19(17)24)23-8-1-2-9-23/h3-6,13,15H,1-2,7-12,14H2. The summed E-state index contributed by atoms with van der Waals surface area (Å²) in [5.74, 6) is 1.64. The van der Waals surface area contributed by atoms with E-state index in [2.05, 4.69) is 23.1 Å². The molecule has 27 heavy (non-hydrogen) atoms. The molecule has 2 aromatic rings. The van der Waals surface area contributed by atoms with E-state index in [0.29, 0.717) is 19.6 Å². The first-order valence-corrected chi connectivity index (χ1v) is 9.85. The number of benzene rings is 2. The third kappa shape index (κ3) is 3.11. The van der Waals surface area contributed by atoms with E-state index in [-0.39, 0.29) is 5.91 Å². The van der Waals surface area contributed by atoms with E-state index in [9.17, 15) is 4.79 Å². The Hall–Kier alpha value is -2.69. The molecule has 1 saturated heterocycles. The highest BCUT2D eigenvalue weighted by molar-refractivity contribution is 5.97. The lowest BCUT2D eigenvalue weighted by atomic mass is 10.1. The summed E-state index contributed by atoms with van der Waals surface area (Å²) in [7, 11) is 0. The number of rotatable bonds is 3. The van der Waals surface area contributed by atoms with Crippen molar-refractivity contribution in [1.29, 1.82) is 0 Å². The largest absolute Gasteiger partial charge is 0.486 e. The fourth-order valence-electron chi connectivity index (χ4n) is 4.29. The molecule has 0 radical (unpaired) electrons. The van der Waals surface area contributed by atoms with E-state index in [0.717, 1.165) is 48.8 Å². The average Bonchev–Trinajstić information content (AvgIpc) is 3.37. The van der Waals surface area contributed by atoms with E-state index in [4.69, 9.17) is 9.47 Å². The normalized spacial score (nSPS) is 17.9. The minimum atomic E-state index is 0.138. The Bertz CT molecular complexity index is 874. The fraction of sp³-hybridized carbons (Fsp3) is 0.409. The van der Waals surface area contributed by atoms with E-state index < -0.39 is 0 Å². The Morgan fingerprint density at radius 3 is 2.59 bits per heavy atom. The van der Waals surface area contributed by atoms with Crippen LogP contribution in [-0.2, 0) is 17.6 Å². The third-order valence-electron chi connectivity index (χ3n) is 5.69. The van der Waals surface area contributed by atoms with Gasteiger partial charge in [-0.25, -0.2) is 0 Å². The predicted molar refractivity (Wildman–Crippen MR) is 105 cm³/mol. The second kappa shape index (κ2) is 6.80.